The smallest absolute Gasteiger partial charge is 0.406 e. The number of carbonyl (C=O) groups is 1. The average molecular weight is 309 g/mol. The molecule has 0 bridgehead atoms. The Morgan fingerprint density at radius 3 is 2.50 bits per heavy atom. The number of benzene rings is 2. The van der Waals surface area contributed by atoms with E-state index in [2.05, 4.69) is 4.74 Å². The van der Waals surface area contributed by atoms with Gasteiger partial charge in [0.2, 0.25) is 0 Å². The lowest BCUT2D eigenvalue weighted by atomic mass is 10.1. The summed E-state index contributed by atoms with van der Waals surface area (Å²) in [6, 6.07) is 11.4. The first kappa shape index (κ1) is 14.4. The Labute approximate surface area is 123 Å². The number of ether oxygens (including phenoxy) is 1. The van der Waals surface area contributed by atoms with E-state index in [9.17, 15) is 23.1 Å². The number of alkyl halides is 3. The van der Waals surface area contributed by atoms with Crippen molar-refractivity contribution in [3.05, 3.63) is 59.7 Å². The maximum Gasteiger partial charge on any atom is 0.573 e. The molecule has 0 radical (unpaired) electrons. The van der Waals surface area contributed by atoms with Crippen molar-refractivity contribution in [1.82, 2.24) is 0 Å². The first-order valence-corrected chi connectivity index (χ1v) is 6.33. The minimum absolute atomic E-state index is 0.121. The van der Waals surface area contributed by atoms with Crippen molar-refractivity contribution in [2.24, 2.45) is 0 Å². The monoisotopic (exact) mass is 309 g/mol. The van der Waals surface area contributed by atoms with Crippen LogP contribution in [0.4, 0.5) is 18.9 Å². The second-order valence-corrected chi connectivity index (χ2v) is 4.68. The van der Waals surface area contributed by atoms with Crippen molar-refractivity contribution in [3.8, 4) is 5.75 Å². The molecule has 1 N–H and O–H groups in total. The first-order valence-electron chi connectivity index (χ1n) is 6.33. The highest BCUT2D eigenvalue weighted by Gasteiger charge is 2.37. The molecule has 4 nitrogen and oxygen atoms in total. The summed E-state index contributed by atoms with van der Waals surface area (Å²) in [5.41, 5.74) is 0.849. The molecule has 0 fully saturated rings. The molecule has 22 heavy (non-hydrogen) atoms. The maximum atomic E-state index is 12.3. The van der Waals surface area contributed by atoms with E-state index < -0.39 is 24.2 Å². The fourth-order valence-electron chi connectivity index (χ4n) is 2.39. The quantitative estimate of drug-likeness (QED) is 0.926. The SMILES string of the molecule is O=C1c2ccccc2C(O)N1c1cccc(OC(F)(F)F)c1. The molecule has 0 aromatic heterocycles. The topological polar surface area (TPSA) is 49.8 Å². The molecule has 0 aliphatic carbocycles. The van der Waals surface area contributed by atoms with Crippen LogP contribution in [-0.4, -0.2) is 17.4 Å². The van der Waals surface area contributed by atoms with Crippen molar-refractivity contribution in [2.45, 2.75) is 12.6 Å². The van der Waals surface area contributed by atoms with Crippen LogP contribution in [0.25, 0.3) is 0 Å². The van der Waals surface area contributed by atoms with E-state index in [-0.39, 0.29) is 5.69 Å². The predicted molar refractivity (Wildman–Crippen MR) is 71.3 cm³/mol. The summed E-state index contributed by atoms with van der Waals surface area (Å²) in [5, 5.41) is 10.2. The summed E-state index contributed by atoms with van der Waals surface area (Å²) < 4.78 is 40.6. The molecule has 0 saturated carbocycles. The summed E-state index contributed by atoms with van der Waals surface area (Å²) >= 11 is 0. The van der Waals surface area contributed by atoms with Crippen LogP contribution in [0.15, 0.2) is 48.5 Å². The molecule has 0 saturated heterocycles. The minimum atomic E-state index is -4.82. The fraction of sp³-hybridized carbons (Fsp3) is 0.133. The van der Waals surface area contributed by atoms with E-state index in [0.717, 1.165) is 17.0 Å². The standard InChI is InChI=1S/C15H10F3NO3/c16-15(17,18)22-10-5-3-4-9(8-10)19-13(20)11-6-1-2-7-12(11)14(19)21/h1-8,13,20H. The van der Waals surface area contributed by atoms with Gasteiger partial charge in [-0.05, 0) is 18.2 Å². The summed E-state index contributed by atoms with van der Waals surface area (Å²) in [6.07, 6.45) is -6.07. The molecule has 1 amide bonds. The Hall–Kier alpha value is -2.54. The van der Waals surface area contributed by atoms with Gasteiger partial charge in [-0.3, -0.25) is 9.69 Å². The highest BCUT2D eigenvalue weighted by atomic mass is 19.4. The van der Waals surface area contributed by atoms with Gasteiger partial charge < -0.3 is 9.84 Å². The van der Waals surface area contributed by atoms with Crippen molar-refractivity contribution >= 4 is 11.6 Å². The molecule has 1 heterocycles. The van der Waals surface area contributed by atoms with Crippen molar-refractivity contribution in [2.75, 3.05) is 4.90 Å². The summed E-state index contributed by atoms with van der Waals surface area (Å²) in [7, 11) is 0. The van der Waals surface area contributed by atoms with Gasteiger partial charge in [-0.1, -0.05) is 24.3 Å². The van der Waals surface area contributed by atoms with E-state index in [4.69, 9.17) is 0 Å². The van der Waals surface area contributed by atoms with Crippen LogP contribution in [0.5, 0.6) is 5.75 Å². The van der Waals surface area contributed by atoms with Crippen LogP contribution in [-0.2, 0) is 0 Å². The Morgan fingerprint density at radius 1 is 1.09 bits per heavy atom. The van der Waals surface area contributed by atoms with Crippen LogP contribution < -0.4 is 9.64 Å². The van der Waals surface area contributed by atoms with E-state index in [1.807, 2.05) is 0 Å². The number of rotatable bonds is 2. The van der Waals surface area contributed by atoms with Gasteiger partial charge in [-0.15, -0.1) is 13.2 Å². The molecular formula is C15H10F3NO3. The molecule has 2 aromatic rings. The third-order valence-electron chi connectivity index (χ3n) is 3.26. The van der Waals surface area contributed by atoms with Crippen molar-refractivity contribution < 1.29 is 27.8 Å². The number of halogens is 3. The van der Waals surface area contributed by atoms with Gasteiger partial charge in [0.1, 0.15) is 5.75 Å². The van der Waals surface area contributed by atoms with Gasteiger partial charge in [0.05, 0.1) is 5.69 Å². The minimum Gasteiger partial charge on any atom is -0.406 e. The molecule has 1 aliphatic heterocycles. The second-order valence-electron chi connectivity index (χ2n) is 4.68. The van der Waals surface area contributed by atoms with Gasteiger partial charge in [0.15, 0.2) is 6.23 Å². The number of carbonyl (C=O) groups excluding carboxylic acids is 1. The summed E-state index contributed by atoms with van der Waals surface area (Å²) in [5.74, 6) is -0.937. The average Bonchev–Trinajstić information content (AvgIpc) is 2.70. The zero-order valence-corrected chi connectivity index (χ0v) is 11.0. The number of hydrogen-bond donors (Lipinski definition) is 1. The van der Waals surface area contributed by atoms with Crippen LogP contribution in [0, 0.1) is 0 Å². The van der Waals surface area contributed by atoms with Gasteiger partial charge in [0, 0.05) is 17.2 Å². The summed E-state index contributed by atoms with van der Waals surface area (Å²) in [6.45, 7) is 0. The third kappa shape index (κ3) is 2.50. The Morgan fingerprint density at radius 2 is 1.82 bits per heavy atom. The number of aliphatic hydroxyl groups is 1. The van der Waals surface area contributed by atoms with Crippen LogP contribution in [0.3, 0.4) is 0 Å². The van der Waals surface area contributed by atoms with Crippen molar-refractivity contribution in [3.63, 3.8) is 0 Å². The van der Waals surface area contributed by atoms with Crippen LogP contribution in [0.1, 0.15) is 22.1 Å². The zero-order chi connectivity index (χ0) is 15.9. The first-order chi connectivity index (χ1) is 10.4. The Balaban J connectivity index is 1.96. The van der Waals surface area contributed by atoms with Gasteiger partial charge in [0.25, 0.3) is 5.91 Å². The molecule has 2 aromatic carbocycles. The van der Waals surface area contributed by atoms with E-state index in [1.165, 1.54) is 12.1 Å². The van der Waals surface area contributed by atoms with E-state index in [0.29, 0.717) is 11.1 Å². The predicted octanol–water partition coefficient (Wildman–Crippen LogP) is 3.24. The number of aliphatic hydroxyl groups excluding tert-OH is 1. The van der Waals surface area contributed by atoms with Gasteiger partial charge in [-0.25, -0.2) is 0 Å². The number of nitrogens with zero attached hydrogens (tertiary/aromatic N) is 1. The lowest BCUT2D eigenvalue weighted by Gasteiger charge is -2.21. The lowest BCUT2D eigenvalue weighted by Crippen LogP contribution is -2.27. The zero-order valence-electron chi connectivity index (χ0n) is 11.0. The molecule has 114 valence electrons. The lowest BCUT2D eigenvalue weighted by molar-refractivity contribution is -0.274. The van der Waals surface area contributed by atoms with Gasteiger partial charge in [-0.2, -0.15) is 0 Å². The number of hydrogen-bond acceptors (Lipinski definition) is 3. The maximum absolute atomic E-state index is 12.3. The largest absolute Gasteiger partial charge is 0.573 e. The molecular weight excluding hydrogens is 299 g/mol. The second kappa shape index (κ2) is 5.03. The molecule has 1 unspecified atom stereocenters. The Bertz CT molecular complexity index is 730. The van der Waals surface area contributed by atoms with Crippen LogP contribution >= 0.6 is 0 Å². The molecule has 1 aliphatic rings. The fourth-order valence-corrected chi connectivity index (χ4v) is 2.39. The number of amides is 1. The normalized spacial score (nSPS) is 17.5. The Kier molecular flexibility index (Phi) is 3.29. The highest BCUT2D eigenvalue weighted by molar-refractivity contribution is 6.10. The van der Waals surface area contributed by atoms with E-state index in [1.54, 1.807) is 24.3 Å². The number of anilines is 1. The van der Waals surface area contributed by atoms with Gasteiger partial charge >= 0.3 is 6.36 Å². The molecule has 7 heteroatoms. The molecule has 3 rings (SSSR count). The highest BCUT2D eigenvalue weighted by Crippen LogP contribution is 2.37. The summed E-state index contributed by atoms with van der Waals surface area (Å²) in [4.78, 5) is 13.3. The molecule has 1 atom stereocenters. The third-order valence-corrected chi connectivity index (χ3v) is 3.26. The van der Waals surface area contributed by atoms with Crippen molar-refractivity contribution in [1.29, 1.82) is 0 Å². The van der Waals surface area contributed by atoms with E-state index >= 15 is 0 Å². The van der Waals surface area contributed by atoms with Crippen LogP contribution in [0.2, 0.25) is 0 Å². The molecule has 0 spiro atoms. The number of fused-ring (bicyclic) bond motifs is 1.